The SMILES string of the molecule is c1ccc(-c2ccc(N(c3ccc(-c4nccc5oc6ccccc6c45)cc3)c3cccc(-n4c5ccccc5c5ccccc54)c3)cc2)cc1. The Kier molecular flexibility index (Phi) is 6.78. The van der Waals surface area contributed by atoms with Crippen molar-refractivity contribution in [2.24, 2.45) is 0 Å². The molecule has 0 spiro atoms. The fraction of sp³-hybridized carbons (Fsp3) is 0. The molecule has 0 fully saturated rings. The van der Waals surface area contributed by atoms with Gasteiger partial charge in [-0.25, -0.2) is 0 Å². The van der Waals surface area contributed by atoms with Gasteiger partial charge in [-0.05, 0) is 77.9 Å². The van der Waals surface area contributed by atoms with Crippen LogP contribution in [0.25, 0.3) is 71.8 Å². The molecule has 0 aliphatic heterocycles. The quantitative estimate of drug-likeness (QED) is 0.179. The Hall–Kier alpha value is -6.91. The van der Waals surface area contributed by atoms with Crippen molar-refractivity contribution in [3.05, 3.63) is 188 Å². The van der Waals surface area contributed by atoms with Crippen LogP contribution in [0.15, 0.2) is 193 Å². The van der Waals surface area contributed by atoms with E-state index in [1.54, 1.807) is 0 Å². The fourth-order valence-corrected chi connectivity index (χ4v) is 7.51. The number of anilines is 3. The molecule has 0 atom stereocenters. The summed E-state index contributed by atoms with van der Waals surface area (Å²) in [5.41, 5.74) is 12.7. The Morgan fingerprint density at radius 3 is 1.73 bits per heavy atom. The minimum atomic E-state index is 0.840. The summed E-state index contributed by atoms with van der Waals surface area (Å²) in [6, 6.07) is 64.3. The van der Waals surface area contributed by atoms with Crippen LogP contribution in [0.3, 0.4) is 0 Å². The van der Waals surface area contributed by atoms with Gasteiger partial charge in [-0.15, -0.1) is 0 Å². The van der Waals surface area contributed by atoms with Gasteiger partial charge in [0.25, 0.3) is 0 Å². The van der Waals surface area contributed by atoms with E-state index in [0.717, 1.165) is 55.9 Å². The molecule has 4 nitrogen and oxygen atoms in total. The van der Waals surface area contributed by atoms with E-state index in [1.807, 2.05) is 30.5 Å². The highest BCUT2D eigenvalue weighted by molar-refractivity contribution is 6.11. The minimum absolute atomic E-state index is 0.840. The number of para-hydroxylation sites is 3. The molecule has 0 aliphatic rings. The maximum absolute atomic E-state index is 6.18. The lowest BCUT2D eigenvalue weighted by Crippen LogP contribution is -2.10. The minimum Gasteiger partial charge on any atom is -0.456 e. The second kappa shape index (κ2) is 11.9. The molecule has 3 heterocycles. The molecule has 10 aromatic rings. The second-order valence-electron chi connectivity index (χ2n) is 12.8. The maximum Gasteiger partial charge on any atom is 0.139 e. The Morgan fingerprint density at radius 2 is 1.02 bits per heavy atom. The first-order valence-electron chi connectivity index (χ1n) is 17.2. The molecule has 51 heavy (non-hydrogen) atoms. The van der Waals surface area contributed by atoms with Crippen LogP contribution in [0.2, 0.25) is 0 Å². The van der Waals surface area contributed by atoms with Crippen molar-refractivity contribution in [2.75, 3.05) is 4.90 Å². The van der Waals surface area contributed by atoms with Crippen molar-refractivity contribution in [3.8, 4) is 28.1 Å². The maximum atomic E-state index is 6.18. The Morgan fingerprint density at radius 1 is 0.431 bits per heavy atom. The molecule has 7 aromatic carbocycles. The predicted octanol–water partition coefficient (Wildman–Crippen LogP) is 12.9. The highest BCUT2D eigenvalue weighted by atomic mass is 16.3. The third kappa shape index (κ3) is 4.88. The molecule has 0 saturated carbocycles. The van der Waals surface area contributed by atoms with Crippen LogP contribution in [-0.4, -0.2) is 9.55 Å². The third-order valence-electron chi connectivity index (χ3n) is 9.85. The van der Waals surface area contributed by atoms with Gasteiger partial charge in [0.2, 0.25) is 0 Å². The average Bonchev–Trinajstić information content (AvgIpc) is 3.75. The first-order chi connectivity index (χ1) is 25.3. The highest BCUT2D eigenvalue weighted by Gasteiger charge is 2.18. The number of pyridine rings is 1. The van der Waals surface area contributed by atoms with Gasteiger partial charge < -0.3 is 13.9 Å². The van der Waals surface area contributed by atoms with Gasteiger partial charge >= 0.3 is 0 Å². The topological polar surface area (TPSA) is 34.2 Å². The van der Waals surface area contributed by atoms with Crippen molar-refractivity contribution in [3.63, 3.8) is 0 Å². The fourth-order valence-electron chi connectivity index (χ4n) is 7.51. The molecule has 0 unspecified atom stereocenters. The third-order valence-corrected chi connectivity index (χ3v) is 9.85. The molecule has 4 heteroatoms. The van der Waals surface area contributed by atoms with E-state index in [-0.39, 0.29) is 0 Å². The summed E-state index contributed by atoms with van der Waals surface area (Å²) < 4.78 is 8.55. The van der Waals surface area contributed by atoms with E-state index in [2.05, 4.69) is 167 Å². The van der Waals surface area contributed by atoms with Gasteiger partial charge in [-0.1, -0.05) is 115 Å². The average molecular weight is 654 g/mol. The molecule has 0 bridgehead atoms. The molecule has 0 N–H and O–H groups in total. The molecular weight excluding hydrogens is 623 g/mol. The number of hydrogen-bond donors (Lipinski definition) is 0. The molecular formula is C47H31N3O. The predicted molar refractivity (Wildman–Crippen MR) is 211 cm³/mol. The summed E-state index contributed by atoms with van der Waals surface area (Å²) in [6.45, 7) is 0. The Labute approximate surface area is 295 Å². The van der Waals surface area contributed by atoms with E-state index in [1.165, 1.54) is 32.9 Å². The standard InChI is InChI=1S/C47H31N3O/c1-2-11-32(12-3-1)33-21-25-35(26-22-33)49(36-27-23-34(24-28-36)47-46-41-17-6-9-20-44(41)51-45(46)29-30-48-47)37-13-10-14-38(31-37)50-42-18-7-4-15-39(42)40-16-5-8-19-43(40)50/h1-31H. The van der Waals surface area contributed by atoms with Gasteiger partial charge in [0.15, 0.2) is 0 Å². The van der Waals surface area contributed by atoms with Gasteiger partial charge in [-0.3, -0.25) is 4.98 Å². The zero-order valence-electron chi connectivity index (χ0n) is 27.6. The van der Waals surface area contributed by atoms with Crippen LogP contribution < -0.4 is 4.90 Å². The largest absolute Gasteiger partial charge is 0.456 e. The smallest absolute Gasteiger partial charge is 0.139 e. The summed E-state index contributed by atoms with van der Waals surface area (Å²) in [5, 5.41) is 4.60. The first kappa shape index (κ1) is 29.0. The van der Waals surface area contributed by atoms with E-state index in [9.17, 15) is 0 Å². The van der Waals surface area contributed by atoms with E-state index < -0.39 is 0 Å². The lowest BCUT2D eigenvalue weighted by Gasteiger charge is -2.26. The van der Waals surface area contributed by atoms with Crippen LogP contribution >= 0.6 is 0 Å². The number of aromatic nitrogens is 2. The van der Waals surface area contributed by atoms with Gasteiger partial charge in [0.1, 0.15) is 11.2 Å². The van der Waals surface area contributed by atoms with Crippen molar-refractivity contribution in [1.29, 1.82) is 0 Å². The zero-order valence-corrected chi connectivity index (χ0v) is 27.6. The highest BCUT2D eigenvalue weighted by Crippen LogP contribution is 2.40. The summed E-state index contributed by atoms with van der Waals surface area (Å²) in [4.78, 5) is 7.17. The number of rotatable bonds is 6. The van der Waals surface area contributed by atoms with Crippen LogP contribution in [0.1, 0.15) is 0 Å². The number of benzene rings is 7. The Balaban J connectivity index is 1.12. The molecule has 10 rings (SSSR count). The van der Waals surface area contributed by atoms with Gasteiger partial charge in [0, 0.05) is 50.7 Å². The van der Waals surface area contributed by atoms with E-state index in [0.29, 0.717) is 0 Å². The zero-order chi connectivity index (χ0) is 33.7. The second-order valence-corrected chi connectivity index (χ2v) is 12.8. The summed E-state index contributed by atoms with van der Waals surface area (Å²) >= 11 is 0. The van der Waals surface area contributed by atoms with Crippen LogP contribution in [0.4, 0.5) is 17.1 Å². The lowest BCUT2D eigenvalue weighted by molar-refractivity contribution is 0.668. The number of fused-ring (bicyclic) bond motifs is 6. The monoisotopic (exact) mass is 653 g/mol. The number of furan rings is 1. The molecule has 0 aliphatic carbocycles. The van der Waals surface area contributed by atoms with E-state index >= 15 is 0 Å². The molecule has 3 aromatic heterocycles. The summed E-state index contributed by atoms with van der Waals surface area (Å²) in [6.07, 6.45) is 1.83. The van der Waals surface area contributed by atoms with Crippen molar-refractivity contribution >= 4 is 60.8 Å². The molecule has 0 saturated heterocycles. The van der Waals surface area contributed by atoms with E-state index in [4.69, 9.17) is 9.40 Å². The number of hydrogen-bond acceptors (Lipinski definition) is 3. The van der Waals surface area contributed by atoms with Gasteiger partial charge in [0.05, 0.1) is 22.1 Å². The van der Waals surface area contributed by atoms with Gasteiger partial charge in [-0.2, -0.15) is 0 Å². The normalized spacial score (nSPS) is 11.5. The summed E-state index contributed by atoms with van der Waals surface area (Å²) in [7, 11) is 0. The number of nitrogens with zero attached hydrogens (tertiary/aromatic N) is 3. The summed E-state index contributed by atoms with van der Waals surface area (Å²) in [5.74, 6) is 0. The van der Waals surface area contributed by atoms with Crippen LogP contribution in [-0.2, 0) is 0 Å². The molecule has 0 radical (unpaired) electrons. The van der Waals surface area contributed by atoms with Crippen LogP contribution in [0.5, 0.6) is 0 Å². The van der Waals surface area contributed by atoms with Crippen LogP contribution in [0, 0.1) is 0 Å². The molecule has 240 valence electrons. The van der Waals surface area contributed by atoms with Crippen molar-refractivity contribution < 1.29 is 4.42 Å². The lowest BCUT2D eigenvalue weighted by atomic mass is 10.0. The van der Waals surface area contributed by atoms with Crippen molar-refractivity contribution in [2.45, 2.75) is 0 Å². The first-order valence-corrected chi connectivity index (χ1v) is 17.2. The van der Waals surface area contributed by atoms with Crippen molar-refractivity contribution in [1.82, 2.24) is 9.55 Å². The molecule has 0 amide bonds. The Bertz CT molecular complexity index is 2800.